The summed E-state index contributed by atoms with van der Waals surface area (Å²) in [5.41, 5.74) is 8.13. The van der Waals surface area contributed by atoms with E-state index in [0.717, 1.165) is 18.0 Å². The van der Waals surface area contributed by atoms with Gasteiger partial charge in [-0.2, -0.15) is 0 Å². The highest BCUT2D eigenvalue weighted by molar-refractivity contribution is 6.30. The summed E-state index contributed by atoms with van der Waals surface area (Å²) >= 11 is 6.01. The first-order valence-electron chi connectivity index (χ1n) is 7.04. The second-order valence-electron chi connectivity index (χ2n) is 5.17. The van der Waals surface area contributed by atoms with Crippen molar-refractivity contribution in [3.63, 3.8) is 0 Å². The van der Waals surface area contributed by atoms with Crippen LogP contribution < -0.4 is 11.1 Å². The van der Waals surface area contributed by atoms with Crippen LogP contribution in [-0.2, 0) is 6.42 Å². The Morgan fingerprint density at radius 1 is 1.22 bits per heavy atom. The van der Waals surface area contributed by atoms with Crippen LogP contribution in [0.5, 0.6) is 0 Å². The summed E-state index contributed by atoms with van der Waals surface area (Å²) in [6, 6.07) is 6.80. The standard InChI is InChI=1S/C15H23ClN2/c16-13-7-9-15-12(11-13)6-8-14(18-15)5-3-1-2-4-10-17/h7,9,11,14,18H,1-6,8,10,17H2. The van der Waals surface area contributed by atoms with Crippen LogP contribution in [0.2, 0.25) is 5.02 Å². The van der Waals surface area contributed by atoms with E-state index in [1.807, 2.05) is 6.07 Å². The molecule has 1 heterocycles. The van der Waals surface area contributed by atoms with Crippen molar-refractivity contribution in [3.8, 4) is 0 Å². The number of nitrogens with two attached hydrogens (primary N) is 1. The van der Waals surface area contributed by atoms with Gasteiger partial charge >= 0.3 is 0 Å². The number of halogens is 1. The quantitative estimate of drug-likeness (QED) is 0.765. The Morgan fingerprint density at radius 3 is 2.89 bits per heavy atom. The van der Waals surface area contributed by atoms with Gasteiger partial charge in [-0.25, -0.2) is 0 Å². The van der Waals surface area contributed by atoms with E-state index in [0.29, 0.717) is 6.04 Å². The number of fused-ring (bicyclic) bond motifs is 1. The van der Waals surface area contributed by atoms with Gasteiger partial charge in [0.05, 0.1) is 0 Å². The summed E-state index contributed by atoms with van der Waals surface area (Å²) < 4.78 is 0. The smallest absolute Gasteiger partial charge is 0.0410 e. The molecule has 0 radical (unpaired) electrons. The fourth-order valence-corrected chi connectivity index (χ4v) is 2.83. The van der Waals surface area contributed by atoms with E-state index in [1.165, 1.54) is 49.8 Å². The number of anilines is 1. The molecule has 1 aliphatic heterocycles. The summed E-state index contributed by atoms with van der Waals surface area (Å²) in [4.78, 5) is 0. The van der Waals surface area contributed by atoms with Crippen LogP contribution >= 0.6 is 11.6 Å². The molecule has 1 aromatic rings. The molecule has 1 unspecified atom stereocenters. The maximum atomic E-state index is 6.01. The number of hydrogen-bond acceptors (Lipinski definition) is 2. The molecule has 1 aromatic carbocycles. The molecule has 3 heteroatoms. The lowest BCUT2D eigenvalue weighted by Gasteiger charge is -2.27. The third kappa shape index (κ3) is 3.89. The van der Waals surface area contributed by atoms with Crippen molar-refractivity contribution in [2.75, 3.05) is 11.9 Å². The predicted octanol–water partition coefficient (Wildman–Crippen LogP) is 3.98. The molecular weight excluding hydrogens is 244 g/mol. The lowest BCUT2D eigenvalue weighted by molar-refractivity contribution is 0.532. The molecule has 0 bridgehead atoms. The summed E-state index contributed by atoms with van der Waals surface area (Å²) in [5.74, 6) is 0. The predicted molar refractivity (Wildman–Crippen MR) is 79.3 cm³/mol. The van der Waals surface area contributed by atoms with E-state index in [4.69, 9.17) is 17.3 Å². The number of hydrogen-bond donors (Lipinski definition) is 2. The van der Waals surface area contributed by atoms with Crippen LogP contribution in [0.1, 0.15) is 44.1 Å². The maximum Gasteiger partial charge on any atom is 0.0410 e. The van der Waals surface area contributed by atoms with E-state index in [2.05, 4.69) is 17.4 Å². The van der Waals surface area contributed by atoms with Crippen LogP contribution in [0.25, 0.3) is 0 Å². The van der Waals surface area contributed by atoms with E-state index in [-0.39, 0.29) is 0 Å². The zero-order chi connectivity index (χ0) is 12.8. The van der Waals surface area contributed by atoms with Gasteiger partial charge in [0.25, 0.3) is 0 Å². The molecule has 3 N–H and O–H groups in total. The van der Waals surface area contributed by atoms with Crippen molar-refractivity contribution >= 4 is 17.3 Å². The first-order valence-corrected chi connectivity index (χ1v) is 7.42. The zero-order valence-corrected chi connectivity index (χ0v) is 11.7. The van der Waals surface area contributed by atoms with Crippen molar-refractivity contribution in [3.05, 3.63) is 28.8 Å². The Balaban J connectivity index is 1.76. The SMILES string of the molecule is NCCCCCCC1CCc2cc(Cl)ccc2N1. The molecule has 1 aliphatic rings. The van der Waals surface area contributed by atoms with Gasteiger partial charge in [0.15, 0.2) is 0 Å². The molecule has 0 aromatic heterocycles. The number of rotatable bonds is 6. The monoisotopic (exact) mass is 266 g/mol. The maximum absolute atomic E-state index is 6.01. The Bertz CT molecular complexity index is 379. The van der Waals surface area contributed by atoms with E-state index < -0.39 is 0 Å². The first kappa shape index (κ1) is 13.7. The fourth-order valence-electron chi connectivity index (χ4n) is 2.64. The largest absolute Gasteiger partial charge is 0.382 e. The van der Waals surface area contributed by atoms with Gasteiger partial charge < -0.3 is 11.1 Å². The van der Waals surface area contributed by atoms with Gasteiger partial charge in [0, 0.05) is 16.8 Å². The van der Waals surface area contributed by atoms with E-state index in [1.54, 1.807) is 0 Å². The highest BCUT2D eigenvalue weighted by Gasteiger charge is 2.17. The van der Waals surface area contributed by atoms with Gasteiger partial charge in [0.1, 0.15) is 0 Å². The Morgan fingerprint density at radius 2 is 2.06 bits per heavy atom. The van der Waals surface area contributed by atoms with Crippen LogP contribution in [0.3, 0.4) is 0 Å². The first-order chi connectivity index (χ1) is 8.79. The molecule has 0 fully saturated rings. The molecular formula is C15H23ClN2. The van der Waals surface area contributed by atoms with Crippen molar-refractivity contribution in [1.82, 2.24) is 0 Å². The molecule has 0 saturated carbocycles. The van der Waals surface area contributed by atoms with Crippen molar-refractivity contribution in [1.29, 1.82) is 0 Å². The Hall–Kier alpha value is -0.730. The van der Waals surface area contributed by atoms with Gasteiger partial charge in [-0.05, 0) is 56.0 Å². The van der Waals surface area contributed by atoms with E-state index in [9.17, 15) is 0 Å². The van der Waals surface area contributed by atoms with Gasteiger partial charge in [-0.1, -0.05) is 30.9 Å². The summed E-state index contributed by atoms with van der Waals surface area (Å²) in [6.07, 6.45) is 8.70. The molecule has 0 saturated heterocycles. The molecule has 2 rings (SSSR count). The third-order valence-corrected chi connectivity index (χ3v) is 3.93. The summed E-state index contributed by atoms with van der Waals surface area (Å²) in [5, 5.41) is 4.48. The molecule has 2 nitrogen and oxygen atoms in total. The Kier molecular flexibility index (Phi) is 5.33. The zero-order valence-electron chi connectivity index (χ0n) is 10.9. The highest BCUT2D eigenvalue weighted by Crippen LogP contribution is 2.29. The van der Waals surface area contributed by atoms with Gasteiger partial charge in [0.2, 0.25) is 0 Å². The highest BCUT2D eigenvalue weighted by atomic mass is 35.5. The van der Waals surface area contributed by atoms with Crippen LogP contribution in [-0.4, -0.2) is 12.6 Å². The number of nitrogens with one attached hydrogen (secondary N) is 1. The molecule has 18 heavy (non-hydrogen) atoms. The number of aryl methyl sites for hydroxylation is 1. The van der Waals surface area contributed by atoms with Crippen molar-refractivity contribution in [2.45, 2.75) is 51.0 Å². The minimum absolute atomic E-state index is 0.636. The van der Waals surface area contributed by atoms with Crippen molar-refractivity contribution in [2.24, 2.45) is 5.73 Å². The topological polar surface area (TPSA) is 38.0 Å². The third-order valence-electron chi connectivity index (χ3n) is 3.70. The normalized spacial score (nSPS) is 18.2. The molecule has 0 amide bonds. The molecule has 100 valence electrons. The summed E-state index contributed by atoms with van der Waals surface area (Å²) in [7, 11) is 0. The average Bonchev–Trinajstić information content (AvgIpc) is 2.38. The van der Waals surface area contributed by atoms with Crippen LogP contribution in [0.15, 0.2) is 18.2 Å². The lowest BCUT2D eigenvalue weighted by Crippen LogP contribution is -2.25. The average molecular weight is 267 g/mol. The van der Waals surface area contributed by atoms with Crippen LogP contribution in [0, 0.1) is 0 Å². The van der Waals surface area contributed by atoms with Gasteiger partial charge in [-0.15, -0.1) is 0 Å². The Labute approximate surface area is 115 Å². The number of unbranched alkanes of at least 4 members (excludes halogenated alkanes) is 3. The van der Waals surface area contributed by atoms with Gasteiger partial charge in [-0.3, -0.25) is 0 Å². The molecule has 0 spiro atoms. The minimum Gasteiger partial charge on any atom is -0.382 e. The van der Waals surface area contributed by atoms with Crippen LogP contribution in [0.4, 0.5) is 5.69 Å². The van der Waals surface area contributed by atoms with Crippen molar-refractivity contribution < 1.29 is 0 Å². The minimum atomic E-state index is 0.636. The molecule has 1 atom stereocenters. The summed E-state index contributed by atoms with van der Waals surface area (Å²) in [6.45, 7) is 0.829. The second-order valence-corrected chi connectivity index (χ2v) is 5.61. The lowest BCUT2D eigenvalue weighted by atomic mass is 9.94. The van der Waals surface area contributed by atoms with E-state index >= 15 is 0 Å². The fraction of sp³-hybridized carbons (Fsp3) is 0.600. The number of benzene rings is 1. The second kappa shape index (κ2) is 7.01. The molecule has 0 aliphatic carbocycles.